The first kappa shape index (κ1) is 9.99. The minimum Gasteiger partial charge on any atom is -0.370 e. The second-order valence-corrected chi connectivity index (χ2v) is 4.36. The number of aromatic nitrogens is 2. The number of nitro groups is 1. The monoisotopic (exact) mass is 242 g/mol. The lowest BCUT2D eigenvalue weighted by Crippen LogP contribution is -1.95. The molecule has 2 rings (SSSR count). The van der Waals surface area contributed by atoms with Gasteiger partial charge in [-0.15, -0.1) is 5.10 Å². The number of thiophene rings is 1. The first-order valence-corrected chi connectivity index (χ1v) is 5.64. The standard InChI is InChI=1S/C7H6N4O2S2/c12-11(13)7-1-5(4-14-7)2-8-6-3-9-10-15-6/h1,3-4,8H,2H2. The molecule has 0 spiro atoms. The lowest BCUT2D eigenvalue weighted by Gasteiger charge is -1.97. The van der Waals surface area contributed by atoms with E-state index in [9.17, 15) is 10.1 Å². The van der Waals surface area contributed by atoms with Crippen LogP contribution in [0.15, 0.2) is 17.6 Å². The van der Waals surface area contributed by atoms with E-state index in [2.05, 4.69) is 14.9 Å². The summed E-state index contributed by atoms with van der Waals surface area (Å²) < 4.78 is 3.69. The summed E-state index contributed by atoms with van der Waals surface area (Å²) in [5.74, 6) is 0. The summed E-state index contributed by atoms with van der Waals surface area (Å²) in [7, 11) is 0. The third-order valence-corrected chi connectivity index (χ3v) is 3.20. The SMILES string of the molecule is O=[N+]([O-])c1cc(CNc2cnns2)cs1. The predicted molar refractivity (Wildman–Crippen MR) is 58.2 cm³/mol. The van der Waals surface area contributed by atoms with Crippen LogP contribution >= 0.6 is 22.9 Å². The summed E-state index contributed by atoms with van der Waals surface area (Å²) in [5, 5.41) is 19.9. The number of hydrogen-bond acceptors (Lipinski definition) is 7. The van der Waals surface area contributed by atoms with Crippen molar-refractivity contribution in [2.75, 3.05) is 5.32 Å². The molecule has 8 heteroatoms. The van der Waals surface area contributed by atoms with Gasteiger partial charge in [0.2, 0.25) is 0 Å². The van der Waals surface area contributed by atoms with E-state index in [1.165, 1.54) is 11.5 Å². The fourth-order valence-electron chi connectivity index (χ4n) is 0.985. The lowest BCUT2D eigenvalue weighted by molar-refractivity contribution is -0.380. The van der Waals surface area contributed by atoms with E-state index in [1.807, 2.05) is 0 Å². The smallest absolute Gasteiger partial charge is 0.324 e. The van der Waals surface area contributed by atoms with Gasteiger partial charge in [-0.2, -0.15) is 0 Å². The quantitative estimate of drug-likeness (QED) is 0.656. The molecule has 15 heavy (non-hydrogen) atoms. The number of nitrogens with zero attached hydrogens (tertiary/aromatic N) is 3. The highest BCUT2D eigenvalue weighted by Crippen LogP contribution is 2.23. The predicted octanol–water partition coefficient (Wildman–Crippen LogP) is 2.12. The fourth-order valence-corrected chi connectivity index (χ4v) is 2.13. The maximum atomic E-state index is 10.4. The topological polar surface area (TPSA) is 81.0 Å². The van der Waals surface area contributed by atoms with Crippen LogP contribution in [0.25, 0.3) is 0 Å². The first-order valence-electron chi connectivity index (χ1n) is 3.99. The van der Waals surface area contributed by atoms with Crippen LogP contribution in [0.2, 0.25) is 0 Å². The highest BCUT2D eigenvalue weighted by atomic mass is 32.1. The first-order chi connectivity index (χ1) is 7.25. The molecule has 0 aliphatic rings. The van der Waals surface area contributed by atoms with Crippen molar-refractivity contribution in [3.05, 3.63) is 33.3 Å². The molecule has 0 aromatic carbocycles. The van der Waals surface area contributed by atoms with Gasteiger partial charge in [0, 0.05) is 29.5 Å². The van der Waals surface area contributed by atoms with E-state index < -0.39 is 0 Å². The Kier molecular flexibility index (Phi) is 2.88. The Balaban J connectivity index is 1.96. The van der Waals surface area contributed by atoms with Gasteiger partial charge in [0.25, 0.3) is 0 Å². The van der Waals surface area contributed by atoms with E-state index in [-0.39, 0.29) is 9.92 Å². The highest BCUT2D eigenvalue weighted by molar-refractivity contribution is 7.13. The molecule has 0 saturated carbocycles. The van der Waals surface area contributed by atoms with Crippen molar-refractivity contribution in [2.24, 2.45) is 0 Å². The van der Waals surface area contributed by atoms with Crippen LogP contribution in [-0.2, 0) is 6.54 Å². The van der Waals surface area contributed by atoms with Gasteiger partial charge in [-0.1, -0.05) is 15.8 Å². The van der Waals surface area contributed by atoms with Gasteiger partial charge in [-0.05, 0) is 5.56 Å². The molecule has 0 amide bonds. The summed E-state index contributed by atoms with van der Waals surface area (Å²) in [6.45, 7) is 0.550. The molecule has 0 unspecified atom stereocenters. The molecule has 0 radical (unpaired) electrons. The number of anilines is 1. The Labute approximate surface area is 92.9 Å². The largest absolute Gasteiger partial charge is 0.370 e. The molecule has 0 bridgehead atoms. The summed E-state index contributed by atoms with van der Waals surface area (Å²) in [6, 6.07) is 1.56. The molecular formula is C7H6N4O2S2. The van der Waals surface area contributed by atoms with Gasteiger partial charge >= 0.3 is 5.00 Å². The van der Waals surface area contributed by atoms with Gasteiger partial charge in [-0.3, -0.25) is 10.1 Å². The van der Waals surface area contributed by atoms with Crippen molar-refractivity contribution in [3.8, 4) is 0 Å². The van der Waals surface area contributed by atoms with Crippen LogP contribution in [-0.4, -0.2) is 14.5 Å². The number of nitrogens with one attached hydrogen (secondary N) is 1. The maximum absolute atomic E-state index is 10.4. The zero-order chi connectivity index (χ0) is 10.7. The molecule has 0 aliphatic heterocycles. The van der Waals surface area contributed by atoms with Crippen molar-refractivity contribution in [1.29, 1.82) is 0 Å². The van der Waals surface area contributed by atoms with Crippen molar-refractivity contribution >= 4 is 32.9 Å². The van der Waals surface area contributed by atoms with Crippen molar-refractivity contribution < 1.29 is 4.92 Å². The lowest BCUT2D eigenvalue weighted by atomic mass is 10.3. The van der Waals surface area contributed by atoms with Gasteiger partial charge in [0.05, 0.1) is 11.1 Å². The van der Waals surface area contributed by atoms with E-state index in [0.29, 0.717) is 6.54 Å². The average Bonchev–Trinajstić information content (AvgIpc) is 2.86. The molecule has 1 N–H and O–H groups in total. The van der Waals surface area contributed by atoms with Gasteiger partial charge in [-0.25, -0.2) is 0 Å². The number of rotatable bonds is 4. The third kappa shape index (κ3) is 2.48. The van der Waals surface area contributed by atoms with E-state index >= 15 is 0 Å². The molecule has 78 valence electrons. The molecule has 0 saturated heterocycles. The summed E-state index contributed by atoms with van der Waals surface area (Å²) in [6.07, 6.45) is 1.62. The van der Waals surface area contributed by atoms with Crippen molar-refractivity contribution in [1.82, 2.24) is 9.59 Å². The Bertz CT molecular complexity index is 453. The molecule has 0 aliphatic carbocycles. The molecule has 2 aromatic heterocycles. The Morgan fingerprint density at radius 3 is 3.07 bits per heavy atom. The van der Waals surface area contributed by atoms with Crippen LogP contribution in [0.1, 0.15) is 5.56 Å². The Morgan fingerprint density at radius 1 is 1.60 bits per heavy atom. The average molecular weight is 242 g/mol. The minimum atomic E-state index is -0.386. The maximum Gasteiger partial charge on any atom is 0.324 e. The van der Waals surface area contributed by atoms with Crippen LogP contribution < -0.4 is 5.32 Å². The fraction of sp³-hybridized carbons (Fsp3) is 0.143. The summed E-state index contributed by atoms with van der Waals surface area (Å²) >= 11 is 2.38. The van der Waals surface area contributed by atoms with Crippen LogP contribution in [0.3, 0.4) is 0 Å². The summed E-state index contributed by atoms with van der Waals surface area (Å²) in [5.41, 5.74) is 0.889. The second-order valence-electron chi connectivity index (χ2n) is 2.69. The summed E-state index contributed by atoms with van der Waals surface area (Å²) in [4.78, 5) is 10.0. The number of hydrogen-bond donors (Lipinski definition) is 1. The third-order valence-electron chi connectivity index (χ3n) is 1.65. The zero-order valence-corrected chi connectivity index (χ0v) is 9.05. The van der Waals surface area contributed by atoms with Gasteiger partial charge in [0.15, 0.2) is 0 Å². The van der Waals surface area contributed by atoms with Crippen molar-refractivity contribution in [3.63, 3.8) is 0 Å². The van der Waals surface area contributed by atoms with Crippen LogP contribution in [0, 0.1) is 10.1 Å². The van der Waals surface area contributed by atoms with Gasteiger partial charge < -0.3 is 5.32 Å². The van der Waals surface area contributed by atoms with Crippen molar-refractivity contribution in [2.45, 2.75) is 6.54 Å². The zero-order valence-electron chi connectivity index (χ0n) is 7.41. The second kappa shape index (κ2) is 4.32. The van der Waals surface area contributed by atoms with E-state index in [1.54, 1.807) is 17.6 Å². The Hall–Kier alpha value is -1.54. The highest BCUT2D eigenvalue weighted by Gasteiger charge is 2.09. The molecular weight excluding hydrogens is 236 g/mol. The molecule has 0 fully saturated rings. The normalized spacial score (nSPS) is 10.1. The molecule has 6 nitrogen and oxygen atoms in total. The molecule has 2 aromatic rings. The molecule has 2 heterocycles. The van der Waals surface area contributed by atoms with Gasteiger partial charge in [0.1, 0.15) is 5.00 Å². The van der Waals surface area contributed by atoms with Crippen LogP contribution in [0.4, 0.5) is 10.0 Å². The van der Waals surface area contributed by atoms with E-state index in [4.69, 9.17) is 0 Å². The van der Waals surface area contributed by atoms with E-state index in [0.717, 1.165) is 21.9 Å². The Morgan fingerprint density at radius 2 is 2.47 bits per heavy atom. The molecule has 0 atom stereocenters. The van der Waals surface area contributed by atoms with Crippen LogP contribution in [0.5, 0.6) is 0 Å². The minimum absolute atomic E-state index is 0.161.